The number of nitrogens with zero attached hydrogens (tertiary/aromatic N) is 3. The largest absolute Gasteiger partial charge is 0.338 e. The third-order valence-electron chi connectivity index (χ3n) is 4.96. The Kier molecular flexibility index (Phi) is 6.96. The van der Waals surface area contributed by atoms with E-state index in [2.05, 4.69) is 4.98 Å². The van der Waals surface area contributed by atoms with E-state index in [9.17, 15) is 13.2 Å². The molecule has 1 unspecified atom stereocenters. The highest BCUT2D eigenvalue weighted by Crippen LogP contribution is 2.27. The standard InChI is InChI=1S/C20H26ClN3O3S2/c1-14(2)11-24(16-7-10-29(26,27)13-16)19(25)12-28-20-22-8-9-23(20)18-6-4-5-17(21)15(18)3/h4-6,8-9,14,16H,7,10-13H2,1-3H3. The summed E-state index contributed by atoms with van der Waals surface area (Å²) in [4.78, 5) is 19.1. The fourth-order valence-corrected chi connectivity index (χ4v) is 6.27. The number of aromatic nitrogens is 2. The molecular formula is C20H26ClN3O3S2. The van der Waals surface area contributed by atoms with Gasteiger partial charge >= 0.3 is 0 Å². The van der Waals surface area contributed by atoms with Crippen molar-refractivity contribution in [3.8, 4) is 5.69 Å². The summed E-state index contributed by atoms with van der Waals surface area (Å²) >= 11 is 7.60. The van der Waals surface area contributed by atoms with Crippen molar-refractivity contribution in [2.45, 2.75) is 38.4 Å². The van der Waals surface area contributed by atoms with E-state index >= 15 is 0 Å². The molecule has 1 amide bonds. The quantitative estimate of drug-likeness (QED) is 0.596. The summed E-state index contributed by atoms with van der Waals surface area (Å²) in [6.07, 6.45) is 4.06. The fraction of sp³-hybridized carbons (Fsp3) is 0.500. The molecule has 1 atom stereocenters. The maximum Gasteiger partial charge on any atom is 0.233 e. The van der Waals surface area contributed by atoms with Gasteiger partial charge in [0.25, 0.3) is 0 Å². The number of carbonyl (C=O) groups is 1. The molecule has 29 heavy (non-hydrogen) atoms. The number of sulfone groups is 1. The van der Waals surface area contributed by atoms with E-state index in [0.29, 0.717) is 23.1 Å². The molecule has 1 saturated heterocycles. The molecule has 0 saturated carbocycles. The van der Waals surface area contributed by atoms with Gasteiger partial charge in [-0.25, -0.2) is 13.4 Å². The van der Waals surface area contributed by atoms with Crippen LogP contribution in [0.25, 0.3) is 5.69 Å². The zero-order valence-corrected chi connectivity index (χ0v) is 19.2. The maximum atomic E-state index is 13.0. The summed E-state index contributed by atoms with van der Waals surface area (Å²) in [5, 5.41) is 1.38. The van der Waals surface area contributed by atoms with Crippen molar-refractivity contribution in [3.63, 3.8) is 0 Å². The van der Waals surface area contributed by atoms with Crippen LogP contribution in [0.15, 0.2) is 35.7 Å². The second kappa shape index (κ2) is 9.10. The van der Waals surface area contributed by atoms with Gasteiger partial charge in [0.1, 0.15) is 0 Å². The number of carbonyl (C=O) groups excluding carboxylic acids is 1. The normalized spacial score (nSPS) is 18.3. The Morgan fingerprint density at radius 2 is 2.17 bits per heavy atom. The molecule has 0 aliphatic carbocycles. The summed E-state index contributed by atoms with van der Waals surface area (Å²) in [6, 6.07) is 5.45. The zero-order chi connectivity index (χ0) is 21.2. The Labute approximate surface area is 181 Å². The van der Waals surface area contributed by atoms with Crippen LogP contribution in [0.1, 0.15) is 25.8 Å². The first-order chi connectivity index (χ1) is 13.7. The van der Waals surface area contributed by atoms with E-state index in [0.717, 1.165) is 11.3 Å². The number of imidazole rings is 1. The maximum absolute atomic E-state index is 13.0. The molecule has 6 nitrogen and oxygen atoms in total. The second-order valence-corrected chi connectivity index (χ2v) is 11.3. The predicted molar refractivity (Wildman–Crippen MR) is 118 cm³/mol. The van der Waals surface area contributed by atoms with Crippen molar-refractivity contribution in [3.05, 3.63) is 41.2 Å². The van der Waals surface area contributed by atoms with Crippen molar-refractivity contribution < 1.29 is 13.2 Å². The highest BCUT2D eigenvalue weighted by Gasteiger charge is 2.34. The van der Waals surface area contributed by atoms with Crippen LogP contribution in [0.5, 0.6) is 0 Å². The van der Waals surface area contributed by atoms with Crippen molar-refractivity contribution >= 4 is 39.1 Å². The zero-order valence-electron chi connectivity index (χ0n) is 16.8. The third-order valence-corrected chi connectivity index (χ3v) is 8.07. The van der Waals surface area contributed by atoms with E-state index in [4.69, 9.17) is 11.6 Å². The summed E-state index contributed by atoms with van der Waals surface area (Å²) in [5.74, 6) is 0.642. The van der Waals surface area contributed by atoms with Gasteiger partial charge in [0.15, 0.2) is 15.0 Å². The fourth-order valence-electron chi connectivity index (χ4n) is 3.52. The molecule has 9 heteroatoms. The molecule has 158 valence electrons. The van der Waals surface area contributed by atoms with Crippen LogP contribution in [-0.4, -0.2) is 58.6 Å². The van der Waals surface area contributed by atoms with Crippen molar-refractivity contribution in [1.29, 1.82) is 0 Å². The molecule has 2 heterocycles. The molecule has 0 bridgehead atoms. The first-order valence-electron chi connectivity index (χ1n) is 9.59. The number of thioether (sulfide) groups is 1. The average molecular weight is 456 g/mol. The van der Waals surface area contributed by atoms with Gasteiger partial charge in [0.2, 0.25) is 5.91 Å². The Morgan fingerprint density at radius 1 is 1.41 bits per heavy atom. The number of hydrogen-bond acceptors (Lipinski definition) is 5. The van der Waals surface area contributed by atoms with Gasteiger partial charge in [-0.3, -0.25) is 9.36 Å². The van der Waals surface area contributed by atoms with Crippen molar-refractivity contribution in [2.24, 2.45) is 5.92 Å². The molecule has 0 radical (unpaired) electrons. The van der Waals surface area contributed by atoms with Crippen LogP contribution in [0.3, 0.4) is 0 Å². The highest BCUT2D eigenvalue weighted by atomic mass is 35.5. The first-order valence-corrected chi connectivity index (χ1v) is 12.8. The van der Waals surface area contributed by atoms with E-state index < -0.39 is 9.84 Å². The van der Waals surface area contributed by atoms with Gasteiger partial charge in [-0.15, -0.1) is 0 Å². The molecule has 0 N–H and O–H groups in total. The Hall–Kier alpha value is -1.51. The molecular weight excluding hydrogens is 430 g/mol. The summed E-state index contributed by atoms with van der Waals surface area (Å²) in [7, 11) is -3.05. The number of halogens is 1. The van der Waals surface area contributed by atoms with Crippen LogP contribution in [0, 0.1) is 12.8 Å². The molecule has 1 aromatic heterocycles. The highest BCUT2D eigenvalue weighted by molar-refractivity contribution is 7.99. The van der Waals surface area contributed by atoms with Crippen LogP contribution in [0.4, 0.5) is 0 Å². The lowest BCUT2D eigenvalue weighted by Gasteiger charge is -2.30. The molecule has 1 aliphatic rings. The number of benzene rings is 1. The number of amides is 1. The third kappa shape index (κ3) is 5.35. The van der Waals surface area contributed by atoms with Crippen molar-refractivity contribution in [1.82, 2.24) is 14.5 Å². The van der Waals surface area contributed by atoms with E-state index in [1.807, 2.05) is 49.7 Å². The monoisotopic (exact) mass is 455 g/mol. The second-order valence-electron chi connectivity index (χ2n) is 7.75. The Bertz CT molecular complexity index is 989. The smallest absolute Gasteiger partial charge is 0.233 e. The van der Waals surface area contributed by atoms with Crippen molar-refractivity contribution in [2.75, 3.05) is 23.8 Å². The topological polar surface area (TPSA) is 72.3 Å². The Balaban J connectivity index is 1.74. The lowest BCUT2D eigenvalue weighted by molar-refractivity contribution is -0.130. The van der Waals surface area contributed by atoms with Gasteiger partial charge in [-0.05, 0) is 37.0 Å². The minimum absolute atomic E-state index is 0.0526. The molecule has 1 aliphatic heterocycles. The van der Waals surface area contributed by atoms with Gasteiger partial charge < -0.3 is 4.90 Å². The number of rotatable bonds is 7. The molecule has 1 fully saturated rings. The SMILES string of the molecule is Cc1c(Cl)cccc1-n1ccnc1SCC(=O)N(CC(C)C)C1CCS(=O)(=O)C1. The summed E-state index contributed by atoms with van der Waals surface area (Å²) in [5.41, 5.74) is 1.86. The molecule has 2 aromatic rings. The van der Waals surface area contributed by atoms with E-state index in [-0.39, 0.29) is 35.1 Å². The minimum atomic E-state index is -3.05. The van der Waals surface area contributed by atoms with Gasteiger partial charge in [0.05, 0.1) is 22.9 Å². The van der Waals surface area contributed by atoms with Gasteiger partial charge in [0, 0.05) is 30.0 Å². The average Bonchev–Trinajstić information content (AvgIpc) is 3.25. The van der Waals surface area contributed by atoms with Crippen LogP contribution < -0.4 is 0 Å². The molecule has 0 spiro atoms. The van der Waals surface area contributed by atoms with E-state index in [1.54, 1.807) is 11.1 Å². The van der Waals surface area contributed by atoms with Crippen LogP contribution in [-0.2, 0) is 14.6 Å². The summed E-state index contributed by atoms with van der Waals surface area (Å²) in [6.45, 7) is 6.57. The van der Waals surface area contributed by atoms with Crippen LogP contribution in [0.2, 0.25) is 5.02 Å². The lowest BCUT2D eigenvalue weighted by atomic mass is 10.1. The number of hydrogen-bond donors (Lipinski definition) is 0. The first kappa shape index (κ1) is 22.2. The lowest BCUT2D eigenvalue weighted by Crippen LogP contribution is -2.44. The van der Waals surface area contributed by atoms with E-state index in [1.165, 1.54) is 11.8 Å². The van der Waals surface area contributed by atoms with Gasteiger partial charge in [-0.1, -0.05) is 43.3 Å². The molecule has 3 rings (SSSR count). The summed E-state index contributed by atoms with van der Waals surface area (Å²) < 4.78 is 25.7. The van der Waals surface area contributed by atoms with Gasteiger partial charge in [-0.2, -0.15) is 0 Å². The molecule has 1 aromatic carbocycles. The minimum Gasteiger partial charge on any atom is -0.338 e. The van der Waals surface area contributed by atoms with Crippen LogP contribution >= 0.6 is 23.4 Å². The Morgan fingerprint density at radius 3 is 2.83 bits per heavy atom. The predicted octanol–water partition coefficient (Wildman–Crippen LogP) is 3.60.